The molecule has 0 heterocycles. The zero-order valence-electron chi connectivity index (χ0n) is 13.3. The van der Waals surface area contributed by atoms with Crippen molar-refractivity contribution < 1.29 is 9.59 Å². The number of hydrogen-bond acceptors (Lipinski definition) is 4. The predicted molar refractivity (Wildman–Crippen MR) is 83.5 cm³/mol. The van der Waals surface area contributed by atoms with Crippen LogP contribution in [0.2, 0.25) is 0 Å². The van der Waals surface area contributed by atoms with Gasteiger partial charge in [0.05, 0.1) is 12.6 Å². The van der Waals surface area contributed by atoms with Crippen molar-refractivity contribution in [1.82, 2.24) is 10.6 Å². The molecule has 0 spiro atoms. The molecule has 1 saturated carbocycles. The maximum Gasteiger partial charge on any atom is 0.239 e. The number of nitrogens with two attached hydrogens (primary N) is 2. The molecule has 0 radical (unpaired) electrons. The van der Waals surface area contributed by atoms with Crippen LogP contribution in [0.4, 0.5) is 0 Å². The minimum atomic E-state index is -0.583. The third-order valence-corrected chi connectivity index (χ3v) is 4.18. The van der Waals surface area contributed by atoms with E-state index >= 15 is 0 Å². The van der Waals surface area contributed by atoms with E-state index in [1.807, 2.05) is 13.8 Å². The fourth-order valence-electron chi connectivity index (χ4n) is 2.53. The topological polar surface area (TPSA) is 110 Å². The summed E-state index contributed by atoms with van der Waals surface area (Å²) in [7, 11) is 0. The van der Waals surface area contributed by atoms with E-state index in [0.717, 1.165) is 25.7 Å². The second-order valence-corrected chi connectivity index (χ2v) is 6.54. The summed E-state index contributed by atoms with van der Waals surface area (Å²) in [5, 5.41) is 5.38. The Morgan fingerprint density at radius 2 is 1.67 bits per heavy atom. The van der Waals surface area contributed by atoms with Crippen molar-refractivity contribution in [3.8, 4) is 0 Å². The maximum atomic E-state index is 11.8. The van der Waals surface area contributed by atoms with Gasteiger partial charge in [-0.3, -0.25) is 9.59 Å². The molecule has 0 aliphatic heterocycles. The Morgan fingerprint density at radius 1 is 1.10 bits per heavy atom. The Morgan fingerprint density at radius 3 is 2.19 bits per heavy atom. The van der Waals surface area contributed by atoms with E-state index in [1.54, 1.807) is 0 Å². The number of amides is 2. The molecule has 6 heteroatoms. The summed E-state index contributed by atoms with van der Waals surface area (Å²) < 4.78 is 0. The first-order valence-corrected chi connectivity index (χ1v) is 7.93. The quantitative estimate of drug-likeness (QED) is 0.527. The van der Waals surface area contributed by atoms with Crippen LogP contribution in [0.3, 0.4) is 0 Å². The molecule has 1 fully saturated rings. The highest BCUT2D eigenvalue weighted by Crippen LogP contribution is 2.24. The van der Waals surface area contributed by atoms with E-state index < -0.39 is 6.04 Å². The Bertz CT molecular complexity index is 350. The first-order valence-electron chi connectivity index (χ1n) is 7.93. The zero-order valence-corrected chi connectivity index (χ0v) is 13.3. The lowest BCUT2D eigenvalue weighted by molar-refractivity contribution is -0.127. The molecule has 6 nitrogen and oxygen atoms in total. The van der Waals surface area contributed by atoms with Crippen LogP contribution >= 0.6 is 0 Å². The second-order valence-electron chi connectivity index (χ2n) is 6.54. The van der Waals surface area contributed by atoms with Gasteiger partial charge in [-0.25, -0.2) is 0 Å². The van der Waals surface area contributed by atoms with E-state index in [4.69, 9.17) is 11.5 Å². The Kier molecular flexibility index (Phi) is 7.11. The highest BCUT2D eigenvalue weighted by molar-refractivity contribution is 5.87. The van der Waals surface area contributed by atoms with Crippen molar-refractivity contribution in [3.63, 3.8) is 0 Å². The predicted octanol–water partition coefficient (Wildman–Crippen LogP) is 0.254. The Hall–Kier alpha value is -1.14. The summed E-state index contributed by atoms with van der Waals surface area (Å²) >= 11 is 0. The lowest BCUT2D eigenvalue weighted by atomic mass is 9.91. The van der Waals surface area contributed by atoms with Gasteiger partial charge in [0.25, 0.3) is 0 Å². The average molecular weight is 298 g/mol. The van der Waals surface area contributed by atoms with Crippen molar-refractivity contribution in [1.29, 1.82) is 0 Å². The SMILES string of the molecule is CC(C)[C@H](N)C(=O)NCC(=O)NCC1(N)CCCCCC1. The van der Waals surface area contributed by atoms with E-state index in [-0.39, 0.29) is 29.8 Å². The van der Waals surface area contributed by atoms with Gasteiger partial charge < -0.3 is 22.1 Å². The van der Waals surface area contributed by atoms with Gasteiger partial charge in [0.1, 0.15) is 0 Å². The number of nitrogens with one attached hydrogen (secondary N) is 2. The highest BCUT2D eigenvalue weighted by atomic mass is 16.2. The fourth-order valence-corrected chi connectivity index (χ4v) is 2.53. The summed E-state index contributed by atoms with van der Waals surface area (Å²) in [6, 6.07) is -0.583. The monoisotopic (exact) mass is 298 g/mol. The summed E-state index contributed by atoms with van der Waals surface area (Å²) in [6.45, 7) is 4.16. The van der Waals surface area contributed by atoms with Crippen LogP contribution in [-0.2, 0) is 9.59 Å². The van der Waals surface area contributed by atoms with Gasteiger partial charge in [0, 0.05) is 12.1 Å². The molecule has 2 amide bonds. The molecule has 0 aromatic heterocycles. The third kappa shape index (κ3) is 6.44. The van der Waals surface area contributed by atoms with Crippen LogP contribution in [0, 0.1) is 5.92 Å². The van der Waals surface area contributed by atoms with Crippen LogP contribution in [0.5, 0.6) is 0 Å². The van der Waals surface area contributed by atoms with E-state index in [9.17, 15) is 9.59 Å². The van der Waals surface area contributed by atoms with Crippen molar-refractivity contribution in [2.75, 3.05) is 13.1 Å². The molecule has 0 bridgehead atoms. The van der Waals surface area contributed by atoms with Gasteiger partial charge in [0.2, 0.25) is 11.8 Å². The van der Waals surface area contributed by atoms with Crippen LogP contribution in [-0.4, -0.2) is 36.5 Å². The summed E-state index contributed by atoms with van der Waals surface area (Å²) in [5.41, 5.74) is 11.7. The highest BCUT2D eigenvalue weighted by Gasteiger charge is 2.26. The van der Waals surface area contributed by atoms with Crippen molar-refractivity contribution in [2.24, 2.45) is 17.4 Å². The van der Waals surface area contributed by atoms with E-state index in [1.165, 1.54) is 12.8 Å². The molecule has 0 saturated heterocycles. The lowest BCUT2D eigenvalue weighted by Gasteiger charge is -2.28. The van der Waals surface area contributed by atoms with Crippen LogP contribution in [0.1, 0.15) is 52.4 Å². The molecule has 122 valence electrons. The molecule has 0 unspecified atom stereocenters. The minimum absolute atomic E-state index is 0.0463. The molecule has 1 aliphatic carbocycles. The number of carbonyl (C=O) groups is 2. The number of carbonyl (C=O) groups excluding carboxylic acids is 2. The molecular formula is C15H30N4O2. The fraction of sp³-hybridized carbons (Fsp3) is 0.867. The van der Waals surface area contributed by atoms with Crippen molar-refractivity contribution in [2.45, 2.75) is 64.0 Å². The largest absolute Gasteiger partial charge is 0.353 e. The molecule has 0 aromatic rings. The van der Waals surface area contributed by atoms with Crippen LogP contribution in [0.15, 0.2) is 0 Å². The molecule has 0 aromatic carbocycles. The van der Waals surface area contributed by atoms with Gasteiger partial charge in [0.15, 0.2) is 0 Å². The molecule has 1 aliphatic rings. The first-order chi connectivity index (χ1) is 9.84. The molecular weight excluding hydrogens is 268 g/mol. The van der Waals surface area contributed by atoms with Crippen molar-refractivity contribution in [3.05, 3.63) is 0 Å². The minimum Gasteiger partial charge on any atom is -0.353 e. The van der Waals surface area contributed by atoms with Gasteiger partial charge in [-0.05, 0) is 18.8 Å². The molecule has 1 rings (SSSR count). The van der Waals surface area contributed by atoms with Gasteiger partial charge in [-0.2, -0.15) is 0 Å². The summed E-state index contributed by atoms with van der Waals surface area (Å²) in [5.74, 6) is -0.461. The molecule has 1 atom stereocenters. The second kappa shape index (κ2) is 8.34. The van der Waals surface area contributed by atoms with Gasteiger partial charge in [-0.1, -0.05) is 39.5 Å². The third-order valence-electron chi connectivity index (χ3n) is 4.18. The van der Waals surface area contributed by atoms with Crippen LogP contribution in [0.25, 0.3) is 0 Å². The number of rotatable bonds is 6. The zero-order chi connectivity index (χ0) is 15.9. The Balaban J connectivity index is 2.29. The van der Waals surface area contributed by atoms with E-state index in [0.29, 0.717) is 6.54 Å². The average Bonchev–Trinajstić information content (AvgIpc) is 2.67. The maximum absolute atomic E-state index is 11.8. The molecule has 6 N–H and O–H groups in total. The normalized spacial score (nSPS) is 19.7. The lowest BCUT2D eigenvalue weighted by Crippen LogP contribution is -2.52. The Labute approximate surface area is 127 Å². The van der Waals surface area contributed by atoms with Gasteiger partial charge in [-0.15, -0.1) is 0 Å². The van der Waals surface area contributed by atoms with E-state index in [2.05, 4.69) is 10.6 Å². The summed E-state index contributed by atoms with van der Waals surface area (Å²) in [4.78, 5) is 23.5. The summed E-state index contributed by atoms with van der Waals surface area (Å²) in [6.07, 6.45) is 6.56. The first kappa shape index (κ1) is 17.9. The number of hydrogen-bond donors (Lipinski definition) is 4. The molecule has 21 heavy (non-hydrogen) atoms. The van der Waals surface area contributed by atoms with Crippen molar-refractivity contribution >= 4 is 11.8 Å². The van der Waals surface area contributed by atoms with Crippen LogP contribution < -0.4 is 22.1 Å². The van der Waals surface area contributed by atoms with Gasteiger partial charge >= 0.3 is 0 Å². The smallest absolute Gasteiger partial charge is 0.239 e. The standard InChI is InChI=1S/C15H30N4O2/c1-11(2)13(16)14(21)18-9-12(20)19-10-15(17)7-5-3-4-6-8-15/h11,13H,3-10,16-17H2,1-2H3,(H,18,21)(H,19,20)/t13-/m0/s1.